The molecule has 0 aromatic rings. The highest BCUT2D eigenvalue weighted by Crippen LogP contribution is 2.00. The fourth-order valence-corrected chi connectivity index (χ4v) is 1.34. The third-order valence-electron chi connectivity index (χ3n) is 1.73. The highest BCUT2D eigenvalue weighted by atomic mass is 16.5. The van der Waals surface area contributed by atoms with Crippen molar-refractivity contribution in [3.63, 3.8) is 0 Å². The van der Waals surface area contributed by atoms with Crippen molar-refractivity contribution >= 4 is 0 Å². The molecule has 0 aliphatic carbocycles. The third kappa shape index (κ3) is 3.70. The molecule has 1 saturated heterocycles. The second-order valence-corrected chi connectivity index (χ2v) is 4.16. The quantitative estimate of drug-likeness (QED) is 0.525. The SMILES string of the molecule is C[N+](C)(C)CN1CCOCC1. The van der Waals surface area contributed by atoms with Gasteiger partial charge in [0, 0.05) is 13.1 Å². The average Bonchev–Trinajstić information content (AvgIpc) is 1.85. The van der Waals surface area contributed by atoms with E-state index >= 15 is 0 Å². The first-order valence-corrected chi connectivity index (χ1v) is 4.18. The van der Waals surface area contributed by atoms with E-state index in [0.29, 0.717) is 0 Å². The summed E-state index contributed by atoms with van der Waals surface area (Å²) in [4.78, 5) is 2.45. The Balaban J connectivity index is 2.24. The molecule has 0 aromatic carbocycles. The molecule has 1 heterocycles. The van der Waals surface area contributed by atoms with Crippen molar-refractivity contribution in [3.05, 3.63) is 0 Å². The van der Waals surface area contributed by atoms with Gasteiger partial charge in [0.25, 0.3) is 0 Å². The lowest BCUT2D eigenvalue weighted by atomic mass is 10.4. The van der Waals surface area contributed by atoms with Crippen LogP contribution < -0.4 is 0 Å². The second-order valence-electron chi connectivity index (χ2n) is 4.16. The van der Waals surface area contributed by atoms with Crippen molar-refractivity contribution in [1.29, 1.82) is 0 Å². The Bertz CT molecular complexity index is 114. The Morgan fingerprint density at radius 3 is 2.18 bits per heavy atom. The Morgan fingerprint density at radius 2 is 1.73 bits per heavy atom. The first-order valence-electron chi connectivity index (χ1n) is 4.18. The molecule has 3 heteroatoms. The molecule has 66 valence electrons. The van der Waals surface area contributed by atoms with Gasteiger partial charge in [0.15, 0.2) is 0 Å². The van der Waals surface area contributed by atoms with Crippen LogP contribution in [0, 0.1) is 0 Å². The van der Waals surface area contributed by atoms with E-state index in [9.17, 15) is 0 Å². The summed E-state index contributed by atoms with van der Waals surface area (Å²) in [5.74, 6) is 0. The molecule has 0 atom stereocenters. The lowest BCUT2D eigenvalue weighted by molar-refractivity contribution is -0.881. The zero-order valence-corrected chi connectivity index (χ0v) is 7.84. The third-order valence-corrected chi connectivity index (χ3v) is 1.73. The van der Waals surface area contributed by atoms with E-state index in [0.717, 1.165) is 37.5 Å². The van der Waals surface area contributed by atoms with Gasteiger partial charge in [0.05, 0.1) is 34.4 Å². The first kappa shape index (κ1) is 8.97. The summed E-state index contributed by atoms with van der Waals surface area (Å²) in [5, 5.41) is 0. The molecule has 0 radical (unpaired) electrons. The summed E-state index contributed by atoms with van der Waals surface area (Å²) >= 11 is 0. The highest BCUT2D eigenvalue weighted by molar-refractivity contribution is 4.56. The molecule has 0 spiro atoms. The topological polar surface area (TPSA) is 12.5 Å². The highest BCUT2D eigenvalue weighted by Gasteiger charge is 2.16. The van der Waals surface area contributed by atoms with Crippen LogP contribution in [-0.2, 0) is 4.74 Å². The number of quaternary nitrogens is 1. The van der Waals surface area contributed by atoms with Crippen LogP contribution in [0.5, 0.6) is 0 Å². The van der Waals surface area contributed by atoms with Crippen molar-refractivity contribution in [2.75, 3.05) is 54.1 Å². The average molecular weight is 159 g/mol. The minimum atomic E-state index is 0.903. The summed E-state index contributed by atoms with van der Waals surface area (Å²) < 4.78 is 6.28. The van der Waals surface area contributed by atoms with Gasteiger partial charge in [0.1, 0.15) is 6.67 Å². The minimum absolute atomic E-state index is 0.903. The van der Waals surface area contributed by atoms with Crippen LogP contribution in [0.25, 0.3) is 0 Å². The zero-order chi connectivity index (χ0) is 8.32. The number of ether oxygens (including phenoxy) is 1. The molecule has 1 rings (SSSR count). The van der Waals surface area contributed by atoms with Crippen LogP contribution in [0.4, 0.5) is 0 Å². The summed E-state index contributed by atoms with van der Waals surface area (Å²) in [7, 11) is 6.65. The monoisotopic (exact) mass is 159 g/mol. The van der Waals surface area contributed by atoms with Gasteiger partial charge in [-0.3, -0.25) is 4.90 Å². The predicted molar refractivity (Wildman–Crippen MR) is 45.3 cm³/mol. The van der Waals surface area contributed by atoms with Gasteiger partial charge in [-0.25, -0.2) is 0 Å². The number of morpholine rings is 1. The Hall–Kier alpha value is -0.120. The van der Waals surface area contributed by atoms with E-state index in [2.05, 4.69) is 26.0 Å². The molecule has 0 saturated carbocycles. The van der Waals surface area contributed by atoms with Crippen molar-refractivity contribution < 1.29 is 9.22 Å². The van der Waals surface area contributed by atoms with E-state index in [1.807, 2.05) is 0 Å². The molecule has 0 aromatic heterocycles. The Kier molecular flexibility index (Phi) is 2.87. The van der Waals surface area contributed by atoms with Crippen LogP contribution in [0.1, 0.15) is 0 Å². The van der Waals surface area contributed by atoms with Crippen molar-refractivity contribution in [2.24, 2.45) is 0 Å². The van der Waals surface area contributed by atoms with Gasteiger partial charge in [-0.05, 0) is 0 Å². The maximum Gasteiger partial charge on any atom is 0.134 e. The summed E-state index contributed by atoms with van der Waals surface area (Å²) in [6, 6.07) is 0. The molecule has 11 heavy (non-hydrogen) atoms. The van der Waals surface area contributed by atoms with Crippen LogP contribution in [0.15, 0.2) is 0 Å². The molecular formula is C8H19N2O+. The molecule has 0 unspecified atom stereocenters. The lowest BCUT2D eigenvalue weighted by Gasteiger charge is -2.33. The molecule has 1 aliphatic heterocycles. The minimum Gasteiger partial charge on any atom is -0.379 e. The Labute approximate surface area is 69.1 Å². The van der Waals surface area contributed by atoms with Crippen LogP contribution in [0.2, 0.25) is 0 Å². The van der Waals surface area contributed by atoms with Gasteiger partial charge in [-0.15, -0.1) is 0 Å². The van der Waals surface area contributed by atoms with Gasteiger partial charge >= 0.3 is 0 Å². The van der Waals surface area contributed by atoms with E-state index in [4.69, 9.17) is 4.74 Å². The predicted octanol–water partition coefficient (Wildman–Crippen LogP) is -0.0177. The normalized spacial score (nSPS) is 22.1. The van der Waals surface area contributed by atoms with Crippen molar-refractivity contribution in [1.82, 2.24) is 4.90 Å². The smallest absolute Gasteiger partial charge is 0.134 e. The van der Waals surface area contributed by atoms with E-state index in [1.165, 1.54) is 0 Å². The summed E-state index contributed by atoms with van der Waals surface area (Å²) in [6.45, 7) is 5.12. The van der Waals surface area contributed by atoms with Crippen LogP contribution in [-0.4, -0.2) is 63.5 Å². The molecular weight excluding hydrogens is 140 g/mol. The number of rotatable bonds is 2. The molecule has 0 amide bonds. The van der Waals surface area contributed by atoms with Gasteiger partial charge in [0.2, 0.25) is 0 Å². The van der Waals surface area contributed by atoms with Crippen LogP contribution in [0.3, 0.4) is 0 Å². The zero-order valence-electron chi connectivity index (χ0n) is 7.84. The van der Waals surface area contributed by atoms with Crippen molar-refractivity contribution in [2.45, 2.75) is 0 Å². The van der Waals surface area contributed by atoms with Gasteiger partial charge in [-0.1, -0.05) is 0 Å². The lowest BCUT2D eigenvalue weighted by Crippen LogP contribution is -2.49. The molecule has 3 nitrogen and oxygen atoms in total. The fraction of sp³-hybridized carbons (Fsp3) is 1.00. The van der Waals surface area contributed by atoms with Crippen molar-refractivity contribution in [3.8, 4) is 0 Å². The fourth-order valence-electron chi connectivity index (χ4n) is 1.34. The summed E-state index contributed by atoms with van der Waals surface area (Å²) in [6.07, 6.45) is 0. The molecule has 1 fully saturated rings. The van der Waals surface area contributed by atoms with E-state index in [-0.39, 0.29) is 0 Å². The molecule has 0 bridgehead atoms. The van der Waals surface area contributed by atoms with Crippen LogP contribution >= 0.6 is 0 Å². The maximum absolute atomic E-state index is 5.27. The largest absolute Gasteiger partial charge is 0.379 e. The molecule has 1 aliphatic rings. The Morgan fingerprint density at radius 1 is 1.18 bits per heavy atom. The standard InChI is InChI=1S/C8H19N2O/c1-10(2,3)8-9-4-6-11-7-5-9/h4-8H2,1-3H3/q+1. The number of nitrogens with zero attached hydrogens (tertiary/aromatic N) is 2. The number of hydrogen-bond acceptors (Lipinski definition) is 2. The van der Waals surface area contributed by atoms with E-state index in [1.54, 1.807) is 0 Å². The van der Waals surface area contributed by atoms with E-state index < -0.39 is 0 Å². The maximum atomic E-state index is 5.27. The molecule has 0 N–H and O–H groups in total. The number of hydrogen-bond donors (Lipinski definition) is 0. The summed E-state index contributed by atoms with van der Waals surface area (Å²) in [5.41, 5.74) is 0. The van der Waals surface area contributed by atoms with Gasteiger partial charge < -0.3 is 9.22 Å². The second kappa shape index (κ2) is 3.52. The first-order chi connectivity index (χ1) is 5.08. The van der Waals surface area contributed by atoms with Gasteiger partial charge in [-0.2, -0.15) is 0 Å².